The third-order valence-electron chi connectivity index (χ3n) is 1.82. The predicted molar refractivity (Wildman–Crippen MR) is 59.9 cm³/mol. The van der Waals surface area contributed by atoms with Gasteiger partial charge in [-0.2, -0.15) is 0 Å². The maximum absolute atomic E-state index is 5.42. The number of nitrogens with zero attached hydrogens (tertiary/aromatic N) is 3. The Labute approximate surface area is 90.5 Å². The summed E-state index contributed by atoms with van der Waals surface area (Å²) in [5.41, 5.74) is 0. The van der Waals surface area contributed by atoms with E-state index < -0.39 is 0 Å². The number of aromatic nitrogens is 2. The molecule has 0 unspecified atom stereocenters. The second-order valence-corrected chi connectivity index (χ2v) is 3.44. The number of nitrogens with one attached hydrogen (secondary N) is 1. The van der Waals surface area contributed by atoms with Crippen LogP contribution in [0.4, 0.5) is 5.82 Å². The predicted octanol–water partition coefficient (Wildman–Crippen LogP) is 0.467. The van der Waals surface area contributed by atoms with Gasteiger partial charge in [-0.15, -0.1) is 0 Å². The maximum Gasteiger partial charge on any atom is 0.129 e. The molecule has 0 aliphatic heterocycles. The fourth-order valence-electron chi connectivity index (χ4n) is 0.996. The fraction of sp³-hybridized carbons (Fsp3) is 0.600. The van der Waals surface area contributed by atoms with Crippen molar-refractivity contribution >= 4 is 5.82 Å². The number of rotatable bonds is 7. The van der Waals surface area contributed by atoms with E-state index in [0.717, 1.165) is 25.5 Å². The van der Waals surface area contributed by atoms with E-state index in [4.69, 9.17) is 4.74 Å². The number of ether oxygens (including phenoxy) is 1. The van der Waals surface area contributed by atoms with Crippen LogP contribution in [0.15, 0.2) is 18.6 Å². The molecule has 0 spiro atoms. The highest BCUT2D eigenvalue weighted by Gasteiger charge is 1.92. The minimum atomic E-state index is 0.692. The summed E-state index contributed by atoms with van der Waals surface area (Å²) in [7, 11) is 4.06. The van der Waals surface area contributed by atoms with Gasteiger partial charge in [0.2, 0.25) is 0 Å². The topological polar surface area (TPSA) is 50.3 Å². The monoisotopic (exact) mass is 210 g/mol. The van der Waals surface area contributed by atoms with Crippen LogP contribution in [0.5, 0.6) is 0 Å². The summed E-state index contributed by atoms with van der Waals surface area (Å²) in [6.45, 7) is 3.17. The number of likely N-dealkylation sites (N-methyl/N-ethyl adjacent to an activating group) is 1. The fourth-order valence-corrected chi connectivity index (χ4v) is 0.996. The van der Waals surface area contributed by atoms with Gasteiger partial charge in [-0.05, 0) is 20.2 Å². The van der Waals surface area contributed by atoms with Crippen LogP contribution in [-0.4, -0.2) is 55.3 Å². The molecule has 0 aliphatic rings. The van der Waals surface area contributed by atoms with Gasteiger partial charge in [0.05, 0.1) is 13.2 Å². The third kappa shape index (κ3) is 5.98. The molecule has 0 fully saturated rings. The second kappa shape index (κ2) is 7.14. The summed E-state index contributed by atoms with van der Waals surface area (Å²) in [6.07, 6.45) is 3.23. The van der Waals surface area contributed by atoms with Gasteiger partial charge in [-0.1, -0.05) is 0 Å². The summed E-state index contributed by atoms with van der Waals surface area (Å²) in [4.78, 5) is 9.97. The van der Waals surface area contributed by atoms with Gasteiger partial charge in [-0.25, -0.2) is 9.97 Å². The van der Waals surface area contributed by atoms with E-state index in [-0.39, 0.29) is 0 Å². The van der Waals surface area contributed by atoms with Gasteiger partial charge in [0.25, 0.3) is 0 Å². The van der Waals surface area contributed by atoms with E-state index in [2.05, 4.69) is 20.2 Å². The van der Waals surface area contributed by atoms with Crippen molar-refractivity contribution in [1.29, 1.82) is 0 Å². The van der Waals surface area contributed by atoms with E-state index in [1.807, 2.05) is 20.2 Å². The van der Waals surface area contributed by atoms with Crippen molar-refractivity contribution in [2.24, 2.45) is 0 Å². The summed E-state index contributed by atoms with van der Waals surface area (Å²) < 4.78 is 5.42. The average molecular weight is 210 g/mol. The Balaban J connectivity index is 1.98. The van der Waals surface area contributed by atoms with E-state index in [0.29, 0.717) is 6.61 Å². The second-order valence-electron chi connectivity index (χ2n) is 3.44. The lowest BCUT2D eigenvalue weighted by molar-refractivity contribution is 0.126. The molecule has 1 heterocycles. The standard InChI is InChI=1S/C10H18N4O/c1-14(2)6-8-15-7-5-12-10-3-4-11-9-13-10/h3-4,9H,5-8H2,1-2H3,(H,11,12,13). The molecule has 0 radical (unpaired) electrons. The Morgan fingerprint density at radius 3 is 2.93 bits per heavy atom. The molecule has 5 nitrogen and oxygen atoms in total. The van der Waals surface area contributed by atoms with E-state index in [1.165, 1.54) is 6.33 Å². The van der Waals surface area contributed by atoms with Crippen molar-refractivity contribution in [3.05, 3.63) is 18.6 Å². The van der Waals surface area contributed by atoms with Gasteiger partial charge in [0.15, 0.2) is 0 Å². The number of hydrogen-bond acceptors (Lipinski definition) is 5. The zero-order valence-corrected chi connectivity index (χ0v) is 9.31. The summed E-state index contributed by atoms with van der Waals surface area (Å²) >= 11 is 0. The van der Waals surface area contributed by atoms with E-state index >= 15 is 0 Å². The maximum atomic E-state index is 5.42. The van der Waals surface area contributed by atoms with Crippen molar-refractivity contribution in [2.75, 3.05) is 45.7 Å². The van der Waals surface area contributed by atoms with Gasteiger partial charge in [0.1, 0.15) is 12.1 Å². The Kier molecular flexibility index (Phi) is 5.65. The molecule has 0 saturated heterocycles. The summed E-state index contributed by atoms with van der Waals surface area (Å²) in [5.74, 6) is 0.834. The molecule has 84 valence electrons. The molecule has 1 rings (SSSR count). The minimum absolute atomic E-state index is 0.692. The lowest BCUT2D eigenvalue weighted by Crippen LogP contribution is -2.20. The molecule has 5 heteroatoms. The molecule has 1 aromatic heterocycles. The SMILES string of the molecule is CN(C)CCOCCNc1ccncn1. The first-order valence-corrected chi connectivity index (χ1v) is 5.01. The van der Waals surface area contributed by atoms with Crippen LogP contribution in [0.1, 0.15) is 0 Å². The van der Waals surface area contributed by atoms with Crippen LogP contribution in [-0.2, 0) is 4.74 Å². The molecule has 0 bridgehead atoms. The molecule has 1 aromatic rings. The van der Waals surface area contributed by atoms with Crippen LogP contribution < -0.4 is 5.32 Å². The van der Waals surface area contributed by atoms with E-state index in [9.17, 15) is 0 Å². The van der Waals surface area contributed by atoms with Crippen molar-refractivity contribution < 1.29 is 4.74 Å². The summed E-state index contributed by atoms with van der Waals surface area (Å²) in [5, 5.41) is 3.14. The highest BCUT2D eigenvalue weighted by Crippen LogP contribution is 1.96. The van der Waals surface area contributed by atoms with Crippen molar-refractivity contribution in [1.82, 2.24) is 14.9 Å². The first-order chi connectivity index (χ1) is 7.29. The Bertz CT molecular complexity index is 253. The lowest BCUT2D eigenvalue weighted by atomic mass is 10.5. The third-order valence-corrected chi connectivity index (χ3v) is 1.82. The molecule has 0 atom stereocenters. The molecule has 0 aliphatic carbocycles. The van der Waals surface area contributed by atoms with Gasteiger partial charge < -0.3 is 15.0 Å². The first-order valence-electron chi connectivity index (χ1n) is 5.01. The zero-order chi connectivity index (χ0) is 10.9. The molecular formula is C10H18N4O. The first kappa shape index (κ1) is 11.9. The van der Waals surface area contributed by atoms with E-state index in [1.54, 1.807) is 6.20 Å². The van der Waals surface area contributed by atoms with Crippen LogP contribution in [0.2, 0.25) is 0 Å². The van der Waals surface area contributed by atoms with Crippen molar-refractivity contribution in [3.8, 4) is 0 Å². The Morgan fingerprint density at radius 1 is 1.40 bits per heavy atom. The molecule has 1 N–H and O–H groups in total. The summed E-state index contributed by atoms with van der Waals surface area (Å²) in [6, 6.07) is 1.83. The molecule has 0 amide bonds. The molecule has 0 saturated carbocycles. The minimum Gasteiger partial charge on any atom is -0.378 e. The van der Waals surface area contributed by atoms with Gasteiger partial charge in [0, 0.05) is 19.3 Å². The number of anilines is 1. The van der Waals surface area contributed by atoms with Gasteiger partial charge >= 0.3 is 0 Å². The zero-order valence-electron chi connectivity index (χ0n) is 9.31. The van der Waals surface area contributed by atoms with Gasteiger partial charge in [-0.3, -0.25) is 0 Å². The number of hydrogen-bond donors (Lipinski definition) is 1. The highest BCUT2D eigenvalue weighted by molar-refractivity contribution is 5.31. The molecule has 0 aromatic carbocycles. The Morgan fingerprint density at radius 2 is 2.27 bits per heavy atom. The molecule has 15 heavy (non-hydrogen) atoms. The quantitative estimate of drug-likeness (QED) is 0.663. The smallest absolute Gasteiger partial charge is 0.129 e. The highest BCUT2D eigenvalue weighted by atomic mass is 16.5. The molecular weight excluding hydrogens is 192 g/mol. The normalized spacial score (nSPS) is 10.6. The van der Waals surface area contributed by atoms with Crippen LogP contribution in [0, 0.1) is 0 Å². The average Bonchev–Trinajstić information content (AvgIpc) is 2.24. The lowest BCUT2D eigenvalue weighted by Gasteiger charge is -2.10. The van der Waals surface area contributed by atoms with Crippen LogP contribution in [0.3, 0.4) is 0 Å². The van der Waals surface area contributed by atoms with Crippen LogP contribution in [0.25, 0.3) is 0 Å². The largest absolute Gasteiger partial charge is 0.378 e. The Hall–Kier alpha value is -1.20. The van der Waals surface area contributed by atoms with Crippen molar-refractivity contribution in [2.45, 2.75) is 0 Å². The van der Waals surface area contributed by atoms with Crippen LogP contribution >= 0.6 is 0 Å². The van der Waals surface area contributed by atoms with Crippen molar-refractivity contribution in [3.63, 3.8) is 0 Å².